The Morgan fingerprint density at radius 1 is 0.872 bits per heavy atom. The number of likely N-dealkylation sites (N-methyl/N-ethyl adjacent to an activating group) is 1. The van der Waals surface area contributed by atoms with Gasteiger partial charge in [0.2, 0.25) is 0 Å². The van der Waals surface area contributed by atoms with Crippen LogP contribution in [0.1, 0.15) is 54.1 Å². The lowest BCUT2D eigenvalue weighted by Gasteiger charge is -2.44. The zero-order chi connectivity index (χ0) is 27.3. The molecule has 0 radical (unpaired) electrons. The normalized spacial score (nSPS) is 22.9. The Kier molecular flexibility index (Phi) is 7.02. The number of carbonyl (C=O) groups excluding carboxylic acids is 1. The Labute approximate surface area is 233 Å². The van der Waals surface area contributed by atoms with Gasteiger partial charge in [0, 0.05) is 43.0 Å². The molecule has 3 aromatic carbocycles. The Morgan fingerprint density at radius 2 is 1.56 bits per heavy atom. The number of benzene rings is 3. The number of rotatable bonds is 4. The summed E-state index contributed by atoms with van der Waals surface area (Å²) in [4.78, 5) is 23.5. The fraction of sp³-hybridized carbons (Fsp3) is 0.485. The maximum absolute atomic E-state index is 14.2. The van der Waals surface area contributed by atoms with Crippen LogP contribution in [-0.2, 0) is 6.42 Å². The summed E-state index contributed by atoms with van der Waals surface area (Å²) >= 11 is 0. The Bertz CT molecular complexity index is 1370. The Balaban J connectivity index is 1.35. The Morgan fingerprint density at radius 3 is 2.26 bits per heavy atom. The van der Waals surface area contributed by atoms with Crippen LogP contribution in [-0.4, -0.2) is 81.7 Å². The number of methoxy groups -OCH3 is 1. The maximum atomic E-state index is 14.2. The monoisotopic (exact) mass is 526 g/mol. The van der Waals surface area contributed by atoms with Crippen molar-refractivity contribution in [2.45, 2.75) is 51.1 Å². The molecule has 2 fully saturated rings. The summed E-state index contributed by atoms with van der Waals surface area (Å²) in [5.41, 5.74) is 5.49. The molecule has 2 saturated heterocycles. The van der Waals surface area contributed by atoms with Gasteiger partial charge in [-0.3, -0.25) is 9.69 Å². The number of hydrogen-bond acceptors (Lipinski definition) is 5. The van der Waals surface area contributed by atoms with Crippen molar-refractivity contribution in [1.29, 1.82) is 0 Å². The highest BCUT2D eigenvalue weighted by atomic mass is 16.5. The van der Waals surface area contributed by atoms with Crippen LogP contribution in [0.25, 0.3) is 10.8 Å². The van der Waals surface area contributed by atoms with Gasteiger partial charge >= 0.3 is 0 Å². The minimum Gasteiger partial charge on any atom is -0.495 e. The molecule has 3 heterocycles. The minimum absolute atomic E-state index is 0.0936. The largest absolute Gasteiger partial charge is 0.495 e. The van der Waals surface area contributed by atoms with Crippen LogP contribution in [0.15, 0.2) is 48.5 Å². The number of carbonyl (C=O) groups is 1. The van der Waals surface area contributed by atoms with Crippen molar-refractivity contribution in [3.8, 4) is 5.75 Å². The second-order valence-corrected chi connectivity index (χ2v) is 12.0. The van der Waals surface area contributed by atoms with Gasteiger partial charge in [-0.25, -0.2) is 0 Å². The molecule has 2 unspecified atom stereocenters. The summed E-state index contributed by atoms with van der Waals surface area (Å²) in [5, 5.41) is 2.30. The molecular weight excluding hydrogens is 484 g/mol. The summed E-state index contributed by atoms with van der Waals surface area (Å²) in [6, 6.07) is 18.1. The van der Waals surface area contributed by atoms with E-state index in [1.165, 1.54) is 29.4 Å². The van der Waals surface area contributed by atoms with Crippen molar-refractivity contribution in [1.82, 2.24) is 9.80 Å². The van der Waals surface area contributed by atoms with Gasteiger partial charge in [0.05, 0.1) is 12.8 Å². The molecule has 0 bridgehead atoms. The maximum Gasteiger partial charge on any atom is 0.258 e. The van der Waals surface area contributed by atoms with Crippen molar-refractivity contribution in [3.63, 3.8) is 0 Å². The van der Waals surface area contributed by atoms with Crippen LogP contribution in [0.3, 0.4) is 0 Å². The lowest BCUT2D eigenvalue weighted by molar-refractivity contribution is 0.0991. The lowest BCUT2D eigenvalue weighted by Crippen LogP contribution is -2.55. The molecule has 0 saturated carbocycles. The quantitative estimate of drug-likeness (QED) is 0.456. The highest BCUT2D eigenvalue weighted by molar-refractivity contribution is 6.15. The van der Waals surface area contributed by atoms with Gasteiger partial charge < -0.3 is 19.4 Å². The average molecular weight is 527 g/mol. The molecule has 1 amide bonds. The van der Waals surface area contributed by atoms with Crippen molar-refractivity contribution < 1.29 is 9.53 Å². The molecule has 206 valence electrons. The van der Waals surface area contributed by atoms with Crippen molar-refractivity contribution in [2.75, 3.05) is 63.7 Å². The molecule has 3 aliphatic heterocycles. The first-order valence-corrected chi connectivity index (χ1v) is 14.6. The van der Waals surface area contributed by atoms with E-state index in [-0.39, 0.29) is 5.91 Å². The van der Waals surface area contributed by atoms with Gasteiger partial charge in [-0.05, 0) is 106 Å². The number of nitrogens with zero attached hydrogens (tertiary/aromatic N) is 4. The number of anilines is 2. The van der Waals surface area contributed by atoms with Crippen LogP contribution < -0.4 is 14.5 Å². The summed E-state index contributed by atoms with van der Waals surface area (Å²) in [7, 11) is 6.16. The highest BCUT2D eigenvalue weighted by Gasteiger charge is 2.33. The number of piperazine rings is 1. The number of hydrogen-bond donors (Lipinski definition) is 0. The Hall–Kier alpha value is -3.09. The summed E-state index contributed by atoms with van der Waals surface area (Å²) in [6.07, 6.45) is 3.18. The molecular formula is C33H42N4O2. The van der Waals surface area contributed by atoms with Crippen molar-refractivity contribution in [3.05, 3.63) is 65.2 Å². The lowest BCUT2D eigenvalue weighted by atomic mass is 9.85. The van der Waals surface area contributed by atoms with Gasteiger partial charge in [0.25, 0.3) is 5.91 Å². The van der Waals surface area contributed by atoms with E-state index in [2.05, 4.69) is 91.2 Å². The zero-order valence-electron chi connectivity index (χ0n) is 24.1. The standard InChI is InChI=1S/C33H42N4O2/c1-22-20-36(21-23(2)35(22)4)31-19-30-25(18-32(31)39-5)14-17-37(30)33(38)29-11-10-26(24-12-15-34(3)16-13-24)27-8-6-7-9-28(27)29/h6-11,18-19,22-24H,12-17,20-21H2,1-5H3. The molecule has 3 aliphatic rings. The van der Waals surface area contributed by atoms with Gasteiger partial charge in [0.15, 0.2) is 0 Å². The summed E-state index contributed by atoms with van der Waals surface area (Å²) < 4.78 is 5.87. The molecule has 3 aromatic rings. The van der Waals surface area contributed by atoms with E-state index < -0.39 is 0 Å². The van der Waals surface area contributed by atoms with E-state index in [0.717, 1.165) is 60.7 Å². The molecule has 0 N–H and O–H groups in total. The summed E-state index contributed by atoms with van der Waals surface area (Å²) in [5.74, 6) is 1.54. The van der Waals surface area contributed by atoms with Gasteiger partial charge in [-0.1, -0.05) is 30.3 Å². The van der Waals surface area contributed by atoms with E-state index in [1.54, 1.807) is 7.11 Å². The first-order valence-electron chi connectivity index (χ1n) is 14.6. The molecule has 6 nitrogen and oxygen atoms in total. The SMILES string of the molecule is COc1cc2c(cc1N1CC(C)N(C)C(C)C1)N(C(=O)c1ccc(C3CCN(C)CC3)c3ccccc13)CC2. The van der Waals surface area contributed by atoms with Crippen LogP contribution in [0.4, 0.5) is 11.4 Å². The summed E-state index contributed by atoms with van der Waals surface area (Å²) in [6.45, 7) is 9.38. The molecule has 0 aliphatic carbocycles. The number of fused-ring (bicyclic) bond motifs is 2. The first-order chi connectivity index (χ1) is 18.9. The van der Waals surface area contributed by atoms with E-state index in [1.807, 2.05) is 4.90 Å². The van der Waals surface area contributed by atoms with Crippen LogP contribution in [0.2, 0.25) is 0 Å². The fourth-order valence-corrected chi connectivity index (χ4v) is 6.96. The van der Waals surface area contributed by atoms with E-state index in [9.17, 15) is 4.79 Å². The fourth-order valence-electron chi connectivity index (χ4n) is 6.96. The van der Waals surface area contributed by atoms with Crippen molar-refractivity contribution in [2.24, 2.45) is 0 Å². The molecule has 6 heteroatoms. The highest BCUT2D eigenvalue weighted by Crippen LogP contribution is 2.42. The van der Waals surface area contributed by atoms with Gasteiger partial charge in [-0.2, -0.15) is 0 Å². The van der Waals surface area contributed by atoms with Crippen LogP contribution in [0.5, 0.6) is 5.75 Å². The third-order valence-corrected chi connectivity index (χ3v) is 9.57. The first kappa shape index (κ1) is 26.1. The van der Waals surface area contributed by atoms with Crippen LogP contribution >= 0.6 is 0 Å². The third-order valence-electron chi connectivity index (χ3n) is 9.57. The third kappa shape index (κ3) is 4.68. The number of piperidine rings is 1. The molecule has 2 atom stereocenters. The molecule has 6 rings (SSSR count). The smallest absolute Gasteiger partial charge is 0.258 e. The van der Waals surface area contributed by atoms with Gasteiger partial charge in [0.1, 0.15) is 5.75 Å². The van der Waals surface area contributed by atoms with E-state index >= 15 is 0 Å². The minimum atomic E-state index is 0.0936. The topological polar surface area (TPSA) is 39.3 Å². The molecule has 0 spiro atoms. The predicted octanol–water partition coefficient (Wildman–Crippen LogP) is 5.39. The predicted molar refractivity (Wildman–Crippen MR) is 161 cm³/mol. The van der Waals surface area contributed by atoms with E-state index in [0.29, 0.717) is 24.5 Å². The molecule has 39 heavy (non-hydrogen) atoms. The number of amides is 1. The van der Waals surface area contributed by atoms with E-state index in [4.69, 9.17) is 4.74 Å². The molecule has 0 aromatic heterocycles. The second kappa shape index (κ2) is 10.5. The average Bonchev–Trinajstić information content (AvgIpc) is 3.37. The van der Waals surface area contributed by atoms with Crippen molar-refractivity contribution >= 4 is 28.1 Å². The zero-order valence-corrected chi connectivity index (χ0v) is 24.1. The number of ether oxygens (including phenoxy) is 1. The number of likely N-dealkylation sites (tertiary alicyclic amines) is 1. The van der Waals surface area contributed by atoms with Gasteiger partial charge in [-0.15, -0.1) is 0 Å². The second-order valence-electron chi connectivity index (χ2n) is 12.0. The van der Waals surface area contributed by atoms with Crippen LogP contribution in [0, 0.1) is 0 Å².